The van der Waals surface area contributed by atoms with Crippen molar-refractivity contribution < 1.29 is 9.90 Å². The monoisotopic (exact) mass is 293 g/mol. The smallest absolute Gasteiger partial charge is 0.352 e. The van der Waals surface area contributed by atoms with Crippen LogP contribution in [0.4, 0.5) is 0 Å². The number of fused-ring (bicyclic) bond motifs is 1. The Morgan fingerprint density at radius 2 is 2.10 bits per heavy atom. The van der Waals surface area contributed by atoms with Gasteiger partial charge in [-0.2, -0.15) is 0 Å². The molecule has 2 aromatic rings. The van der Waals surface area contributed by atoms with Crippen molar-refractivity contribution in [3.8, 4) is 0 Å². The molecular formula is C15H19NO3S. The second kappa shape index (κ2) is 5.79. The first kappa shape index (κ1) is 14.8. The first-order valence-electron chi connectivity index (χ1n) is 6.83. The highest BCUT2D eigenvalue weighted by molar-refractivity contribution is 7.19. The quantitative estimate of drug-likeness (QED) is 0.919. The van der Waals surface area contributed by atoms with E-state index in [1.807, 2.05) is 13.0 Å². The van der Waals surface area contributed by atoms with Gasteiger partial charge in [0.2, 0.25) is 0 Å². The molecule has 2 heterocycles. The van der Waals surface area contributed by atoms with E-state index in [0.29, 0.717) is 17.8 Å². The number of carboxylic acid groups (broad SMARTS) is 1. The van der Waals surface area contributed by atoms with Gasteiger partial charge in [-0.05, 0) is 30.9 Å². The first-order chi connectivity index (χ1) is 9.43. The summed E-state index contributed by atoms with van der Waals surface area (Å²) in [7, 11) is 0. The van der Waals surface area contributed by atoms with E-state index in [4.69, 9.17) is 0 Å². The van der Waals surface area contributed by atoms with Gasteiger partial charge in [0.15, 0.2) is 0 Å². The number of aromatic carboxylic acids is 1. The molecule has 0 aromatic carbocycles. The van der Waals surface area contributed by atoms with Crippen LogP contribution in [0.25, 0.3) is 10.1 Å². The van der Waals surface area contributed by atoms with E-state index in [0.717, 1.165) is 22.4 Å². The van der Waals surface area contributed by atoms with Gasteiger partial charge in [-0.3, -0.25) is 4.79 Å². The molecule has 0 aliphatic heterocycles. The number of hydrogen-bond acceptors (Lipinski definition) is 3. The molecule has 0 unspecified atom stereocenters. The summed E-state index contributed by atoms with van der Waals surface area (Å²) in [5.41, 5.74) is -0.0934. The maximum absolute atomic E-state index is 12.5. The van der Waals surface area contributed by atoms with Gasteiger partial charge in [0.1, 0.15) is 5.69 Å². The Morgan fingerprint density at radius 1 is 1.40 bits per heavy atom. The molecule has 20 heavy (non-hydrogen) atoms. The Kier molecular flexibility index (Phi) is 4.28. The number of aromatic nitrogens is 1. The minimum Gasteiger partial charge on any atom is -0.477 e. The van der Waals surface area contributed by atoms with Crippen LogP contribution in [-0.4, -0.2) is 15.6 Å². The number of pyridine rings is 1. The summed E-state index contributed by atoms with van der Waals surface area (Å²) in [6.45, 7) is 6.60. The number of nitrogens with zero attached hydrogens (tertiary/aromatic N) is 1. The van der Waals surface area contributed by atoms with E-state index in [1.165, 1.54) is 15.9 Å². The lowest BCUT2D eigenvalue weighted by atomic mass is 10.1. The molecule has 108 valence electrons. The van der Waals surface area contributed by atoms with Crippen LogP contribution in [0.5, 0.6) is 0 Å². The van der Waals surface area contributed by atoms with Crippen LogP contribution in [0, 0.1) is 5.92 Å². The summed E-state index contributed by atoms with van der Waals surface area (Å²) in [5.74, 6) is -0.618. The molecule has 0 fully saturated rings. The zero-order valence-electron chi connectivity index (χ0n) is 12.0. The van der Waals surface area contributed by atoms with E-state index in [2.05, 4.69) is 13.8 Å². The third-order valence-electron chi connectivity index (χ3n) is 3.34. The molecule has 4 nitrogen and oxygen atoms in total. The van der Waals surface area contributed by atoms with Crippen molar-refractivity contribution in [3.05, 3.63) is 33.1 Å². The fraction of sp³-hybridized carbons (Fsp3) is 0.467. The summed E-state index contributed by atoms with van der Waals surface area (Å²) in [4.78, 5) is 25.0. The van der Waals surface area contributed by atoms with Crippen LogP contribution in [0.3, 0.4) is 0 Å². The van der Waals surface area contributed by atoms with Gasteiger partial charge in [-0.1, -0.05) is 20.8 Å². The Labute approximate surface area is 121 Å². The van der Waals surface area contributed by atoms with Gasteiger partial charge in [0.25, 0.3) is 5.56 Å². The largest absolute Gasteiger partial charge is 0.477 e. The zero-order chi connectivity index (χ0) is 14.9. The molecule has 2 rings (SSSR count). The predicted molar refractivity (Wildman–Crippen MR) is 81.9 cm³/mol. The molecule has 0 bridgehead atoms. The minimum absolute atomic E-state index is 0.0904. The van der Waals surface area contributed by atoms with E-state index in [-0.39, 0.29) is 11.3 Å². The predicted octanol–water partition coefficient (Wildman–Crippen LogP) is 3.37. The van der Waals surface area contributed by atoms with Crippen molar-refractivity contribution in [2.75, 3.05) is 0 Å². The minimum atomic E-state index is -1.04. The first-order valence-corrected chi connectivity index (χ1v) is 7.65. The average Bonchev–Trinajstić information content (AvgIpc) is 2.80. The van der Waals surface area contributed by atoms with E-state index >= 15 is 0 Å². The van der Waals surface area contributed by atoms with Gasteiger partial charge in [0, 0.05) is 16.1 Å². The lowest BCUT2D eigenvalue weighted by Gasteiger charge is -2.11. The van der Waals surface area contributed by atoms with Crippen LogP contribution < -0.4 is 5.56 Å². The standard InChI is InChI=1S/C15H19NO3S/c1-4-10-7-11-13(20-10)8-12(15(18)19)16(14(11)17)6-5-9(2)3/h7-9H,4-6H2,1-3H3,(H,18,19). The van der Waals surface area contributed by atoms with Crippen molar-refractivity contribution in [1.82, 2.24) is 4.57 Å². The number of carboxylic acids is 1. The summed E-state index contributed by atoms with van der Waals surface area (Å²) in [5, 5.41) is 9.96. The number of carbonyl (C=O) groups is 1. The van der Waals surface area contributed by atoms with Crippen molar-refractivity contribution in [2.24, 2.45) is 5.92 Å². The lowest BCUT2D eigenvalue weighted by molar-refractivity contribution is 0.0683. The lowest BCUT2D eigenvalue weighted by Crippen LogP contribution is -2.26. The van der Waals surface area contributed by atoms with Crippen LogP contribution in [0.1, 0.15) is 42.6 Å². The van der Waals surface area contributed by atoms with E-state index in [1.54, 1.807) is 6.07 Å². The van der Waals surface area contributed by atoms with Crippen molar-refractivity contribution in [2.45, 2.75) is 40.2 Å². The molecule has 2 aromatic heterocycles. The van der Waals surface area contributed by atoms with Gasteiger partial charge >= 0.3 is 5.97 Å². The normalized spacial score (nSPS) is 11.4. The Hall–Kier alpha value is -1.62. The van der Waals surface area contributed by atoms with Crippen LogP contribution >= 0.6 is 11.3 Å². The van der Waals surface area contributed by atoms with E-state index < -0.39 is 5.97 Å². The van der Waals surface area contributed by atoms with Gasteiger partial charge in [-0.25, -0.2) is 4.79 Å². The molecule has 0 atom stereocenters. The fourth-order valence-electron chi connectivity index (χ4n) is 2.15. The third-order valence-corrected chi connectivity index (χ3v) is 4.57. The highest BCUT2D eigenvalue weighted by Gasteiger charge is 2.16. The number of thiophene rings is 1. The Bertz CT molecular complexity index is 697. The maximum Gasteiger partial charge on any atom is 0.352 e. The third kappa shape index (κ3) is 2.77. The maximum atomic E-state index is 12.5. The van der Waals surface area contributed by atoms with Crippen LogP contribution in [0.2, 0.25) is 0 Å². The topological polar surface area (TPSA) is 59.3 Å². The number of rotatable bonds is 5. The van der Waals surface area contributed by atoms with Crippen molar-refractivity contribution in [1.29, 1.82) is 0 Å². The molecule has 1 N–H and O–H groups in total. The number of aryl methyl sites for hydroxylation is 1. The summed E-state index contributed by atoms with van der Waals surface area (Å²) in [6, 6.07) is 3.52. The zero-order valence-corrected chi connectivity index (χ0v) is 12.8. The highest BCUT2D eigenvalue weighted by atomic mass is 32.1. The van der Waals surface area contributed by atoms with Crippen LogP contribution in [0.15, 0.2) is 16.9 Å². The molecular weight excluding hydrogens is 274 g/mol. The van der Waals surface area contributed by atoms with E-state index in [9.17, 15) is 14.7 Å². The SMILES string of the molecule is CCc1cc2c(=O)n(CCC(C)C)c(C(=O)O)cc2s1. The molecule has 0 aliphatic rings. The fourth-order valence-corrected chi connectivity index (χ4v) is 3.18. The molecule has 5 heteroatoms. The molecule has 0 aliphatic carbocycles. The second-order valence-corrected chi connectivity index (χ2v) is 6.49. The molecule has 0 saturated heterocycles. The van der Waals surface area contributed by atoms with Gasteiger partial charge < -0.3 is 9.67 Å². The molecule has 0 radical (unpaired) electrons. The van der Waals surface area contributed by atoms with Crippen molar-refractivity contribution in [3.63, 3.8) is 0 Å². The highest BCUT2D eigenvalue weighted by Crippen LogP contribution is 2.24. The molecule has 0 amide bonds. The number of hydrogen-bond donors (Lipinski definition) is 1. The molecule has 0 saturated carbocycles. The van der Waals surface area contributed by atoms with Gasteiger partial charge in [0.05, 0.1) is 5.39 Å². The van der Waals surface area contributed by atoms with Crippen LogP contribution in [-0.2, 0) is 13.0 Å². The summed E-state index contributed by atoms with van der Waals surface area (Å²) >= 11 is 1.50. The summed E-state index contributed by atoms with van der Waals surface area (Å²) in [6.07, 6.45) is 1.64. The average molecular weight is 293 g/mol. The van der Waals surface area contributed by atoms with Gasteiger partial charge in [-0.15, -0.1) is 11.3 Å². The molecule has 0 spiro atoms. The Balaban J connectivity index is 2.62. The van der Waals surface area contributed by atoms with Crippen molar-refractivity contribution >= 4 is 27.4 Å². The summed E-state index contributed by atoms with van der Waals surface area (Å²) < 4.78 is 2.17. The second-order valence-electron chi connectivity index (χ2n) is 5.32. The Morgan fingerprint density at radius 3 is 2.65 bits per heavy atom.